The van der Waals surface area contributed by atoms with Gasteiger partial charge in [-0.1, -0.05) is 52.7 Å². The van der Waals surface area contributed by atoms with Crippen molar-refractivity contribution in [2.45, 2.75) is 38.6 Å². The molecule has 2 amide bonds. The number of thiophene rings is 1. The number of amides is 2. The van der Waals surface area contributed by atoms with Crippen LogP contribution in [0.2, 0.25) is 0 Å². The number of carbonyl (C=O) groups excluding carboxylic acids is 2. The number of quaternary nitrogens is 1. The van der Waals surface area contributed by atoms with Gasteiger partial charge in [0.2, 0.25) is 0 Å². The number of nitrogens with two attached hydrogens (primary N) is 1. The molecule has 32 heavy (non-hydrogen) atoms. The quantitative estimate of drug-likeness (QED) is 0.400. The lowest BCUT2D eigenvalue weighted by Crippen LogP contribution is -2.84. The lowest BCUT2D eigenvalue weighted by molar-refractivity contribution is -0.659. The molecule has 166 valence electrons. The molecule has 4 N–H and O–H groups in total. The van der Waals surface area contributed by atoms with E-state index in [9.17, 15) is 9.59 Å². The molecule has 0 bridgehead atoms. The van der Waals surface area contributed by atoms with Crippen LogP contribution in [-0.4, -0.2) is 18.4 Å². The number of hydrogen-bond acceptors (Lipinski definition) is 3. The molecule has 7 heteroatoms. The molecule has 1 aromatic heterocycles. The number of benzene rings is 2. The van der Waals surface area contributed by atoms with Gasteiger partial charge in [-0.05, 0) is 55.5 Å². The first-order valence-electron chi connectivity index (χ1n) is 11.0. The van der Waals surface area contributed by atoms with E-state index in [1.807, 2.05) is 47.8 Å². The number of fused-ring (bicyclic) bond motifs is 1. The van der Waals surface area contributed by atoms with Gasteiger partial charge in [-0.3, -0.25) is 9.59 Å². The number of carbonyl (C=O) groups is 2. The molecular formula is C25H27BrN3O2S+. The summed E-state index contributed by atoms with van der Waals surface area (Å²) < 4.78 is 0.958. The number of aryl methyl sites for hydroxylation is 1. The minimum Gasteiger partial charge on any atom is -0.335 e. The highest BCUT2D eigenvalue weighted by molar-refractivity contribution is 9.10. The summed E-state index contributed by atoms with van der Waals surface area (Å²) >= 11 is 4.98. The summed E-state index contributed by atoms with van der Waals surface area (Å²) in [6.45, 7) is 1.05. The molecule has 1 aliphatic carbocycles. The standard InChI is InChI=1S/C25H26BrN3O2S/c26-18-11-13-19(14-12-18)28-24(31)23-20-9-5-2-6-10-21(20)32-25(23)29-22(30)16-27-15-17-7-3-1-4-8-17/h1,3-4,7-8,11-14,27H,2,5-6,9-10,15-16H2,(H,28,31)(H,29,30)/p+1. The van der Waals surface area contributed by atoms with E-state index in [-0.39, 0.29) is 11.8 Å². The number of hydrogen-bond donors (Lipinski definition) is 3. The highest BCUT2D eigenvalue weighted by Gasteiger charge is 2.26. The molecule has 4 rings (SSSR count). The Bertz CT molecular complexity index is 1080. The lowest BCUT2D eigenvalue weighted by atomic mass is 10.0. The summed E-state index contributed by atoms with van der Waals surface area (Å²) in [5.41, 5.74) is 3.65. The highest BCUT2D eigenvalue weighted by Crippen LogP contribution is 2.38. The van der Waals surface area contributed by atoms with Crippen LogP contribution in [0.4, 0.5) is 10.7 Å². The zero-order valence-corrected chi connectivity index (χ0v) is 20.2. The molecule has 0 spiro atoms. The summed E-state index contributed by atoms with van der Waals surface area (Å²) in [6, 6.07) is 17.6. The van der Waals surface area contributed by atoms with Crippen molar-refractivity contribution in [1.82, 2.24) is 0 Å². The topological polar surface area (TPSA) is 74.8 Å². The zero-order valence-electron chi connectivity index (χ0n) is 17.8. The summed E-state index contributed by atoms with van der Waals surface area (Å²) in [6.07, 6.45) is 5.21. The van der Waals surface area contributed by atoms with Gasteiger partial charge in [-0.2, -0.15) is 0 Å². The van der Waals surface area contributed by atoms with Crippen LogP contribution in [0.3, 0.4) is 0 Å². The molecule has 0 saturated heterocycles. The minimum absolute atomic E-state index is 0.0879. The Hall–Kier alpha value is -2.48. The minimum atomic E-state index is -0.157. The second-order valence-electron chi connectivity index (χ2n) is 7.96. The van der Waals surface area contributed by atoms with E-state index in [0.717, 1.165) is 48.0 Å². The van der Waals surface area contributed by atoms with Gasteiger partial charge in [0.25, 0.3) is 11.8 Å². The van der Waals surface area contributed by atoms with Gasteiger partial charge < -0.3 is 16.0 Å². The molecule has 3 aromatic rings. The molecule has 0 atom stereocenters. The SMILES string of the molecule is O=C(C[NH2+]Cc1ccccc1)Nc1sc2c(c1C(=O)Nc1ccc(Br)cc1)CCCCC2. The van der Waals surface area contributed by atoms with Crippen molar-refractivity contribution in [2.75, 3.05) is 17.2 Å². The molecule has 2 aromatic carbocycles. The fourth-order valence-corrected chi connectivity index (χ4v) is 5.53. The Kier molecular flexibility index (Phi) is 7.73. The zero-order chi connectivity index (χ0) is 22.3. The molecule has 0 fully saturated rings. The summed E-state index contributed by atoms with van der Waals surface area (Å²) in [4.78, 5) is 27.2. The van der Waals surface area contributed by atoms with Gasteiger partial charge in [0.15, 0.2) is 6.54 Å². The predicted octanol–water partition coefficient (Wildman–Crippen LogP) is 4.73. The second-order valence-corrected chi connectivity index (χ2v) is 9.98. The highest BCUT2D eigenvalue weighted by atomic mass is 79.9. The van der Waals surface area contributed by atoms with Crippen LogP contribution >= 0.6 is 27.3 Å². The maximum Gasteiger partial charge on any atom is 0.280 e. The van der Waals surface area contributed by atoms with Gasteiger partial charge in [-0.25, -0.2) is 0 Å². The molecule has 5 nitrogen and oxygen atoms in total. The maximum atomic E-state index is 13.3. The Labute approximate surface area is 200 Å². The first kappa shape index (κ1) is 22.7. The van der Waals surface area contributed by atoms with E-state index in [4.69, 9.17) is 0 Å². The fraction of sp³-hybridized carbons (Fsp3) is 0.280. The van der Waals surface area contributed by atoms with Gasteiger partial charge in [0, 0.05) is 20.6 Å². The van der Waals surface area contributed by atoms with Gasteiger partial charge in [0.1, 0.15) is 11.5 Å². The maximum absolute atomic E-state index is 13.3. The van der Waals surface area contributed by atoms with Crippen molar-refractivity contribution in [1.29, 1.82) is 0 Å². The molecule has 1 aliphatic rings. The third kappa shape index (κ3) is 5.85. The van der Waals surface area contributed by atoms with Crippen molar-refractivity contribution in [2.24, 2.45) is 0 Å². The Morgan fingerprint density at radius 2 is 1.69 bits per heavy atom. The second kappa shape index (κ2) is 10.9. The third-order valence-electron chi connectivity index (χ3n) is 5.56. The predicted molar refractivity (Wildman–Crippen MR) is 133 cm³/mol. The summed E-state index contributed by atoms with van der Waals surface area (Å²) in [5, 5.41) is 8.69. The van der Waals surface area contributed by atoms with Crippen LogP contribution in [0.15, 0.2) is 59.1 Å². The number of rotatable bonds is 7. The van der Waals surface area contributed by atoms with Crippen LogP contribution < -0.4 is 16.0 Å². The van der Waals surface area contributed by atoms with Crippen molar-refractivity contribution in [3.05, 3.63) is 80.6 Å². The van der Waals surface area contributed by atoms with E-state index < -0.39 is 0 Å². The fourth-order valence-electron chi connectivity index (χ4n) is 3.96. The monoisotopic (exact) mass is 512 g/mol. The average molecular weight is 513 g/mol. The van der Waals surface area contributed by atoms with Gasteiger partial charge >= 0.3 is 0 Å². The first-order valence-corrected chi connectivity index (χ1v) is 12.6. The van der Waals surface area contributed by atoms with Crippen molar-refractivity contribution in [3.8, 4) is 0 Å². The van der Waals surface area contributed by atoms with Crippen LogP contribution in [0.25, 0.3) is 0 Å². The van der Waals surface area contributed by atoms with E-state index in [2.05, 4.69) is 38.7 Å². The van der Waals surface area contributed by atoms with Crippen LogP contribution in [0.5, 0.6) is 0 Å². The molecule has 1 heterocycles. The van der Waals surface area contributed by atoms with Crippen molar-refractivity contribution >= 4 is 49.8 Å². The van der Waals surface area contributed by atoms with Crippen LogP contribution in [0, 0.1) is 0 Å². The Balaban J connectivity index is 1.48. The lowest BCUT2D eigenvalue weighted by Gasteiger charge is -2.10. The number of anilines is 2. The molecule has 0 aliphatic heterocycles. The smallest absolute Gasteiger partial charge is 0.280 e. The van der Waals surface area contributed by atoms with Crippen LogP contribution in [-0.2, 0) is 24.2 Å². The third-order valence-corrected chi connectivity index (χ3v) is 7.29. The average Bonchev–Trinajstić information content (AvgIpc) is 2.96. The molecule has 0 unspecified atom stereocenters. The normalized spacial score (nSPS) is 13.2. The first-order chi connectivity index (χ1) is 15.6. The van der Waals surface area contributed by atoms with E-state index in [1.54, 1.807) is 11.3 Å². The summed E-state index contributed by atoms with van der Waals surface area (Å²) in [7, 11) is 0. The van der Waals surface area contributed by atoms with E-state index in [1.165, 1.54) is 16.9 Å². The Morgan fingerprint density at radius 1 is 0.938 bits per heavy atom. The van der Waals surface area contributed by atoms with E-state index in [0.29, 0.717) is 17.1 Å². The van der Waals surface area contributed by atoms with Crippen molar-refractivity contribution < 1.29 is 14.9 Å². The van der Waals surface area contributed by atoms with Crippen molar-refractivity contribution in [3.63, 3.8) is 0 Å². The molecule has 0 saturated carbocycles. The number of halogens is 1. The Morgan fingerprint density at radius 3 is 2.47 bits per heavy atom. The molecular weight excluding hydrogens is 486 g/mol. The van der Waals surface area contributed by atoms with Gasteiger partial charge in [0.05, 0.1) is 5.56 Å². The molecule has 0 radical (unpaired) electrons. The largest absolute Gasteiger partial charge is 0.335 e. The van der Waals surface area contributed by atoms with Crippen LogP contribution in [0.1, 0.15) is 45.6 Å². The number of nitrogens with one attached hydrogen (secondary N) is 2. The van der Waals surface area contributed by atoms with E-state index >= 15 is 0 Å². The summed E-state index contributed by atoms with van der Waals surface area (Å²) in [5.74, 6) is -0.245. The van der Waals surface area contributed by atoms with Gasteiger partial charge in [-0.15, -0.1) is 11.3 Å².